The third-order valence-electron chi connectivity index (χ3n) is 2.01. The quantitative estimate of drug-likeness (QED) is 0.471. The maximum atomic E-state index is 2.16. The van der Waals surface area contributed by atoms with Gasteiger partial charge in [-0.25, -0.2) is 0 Å². The number of hydrogen-bond acceptors (Lipinski definition) is 0. The molecule has 0 aliphatic heterocycles. The van der Waals surface area contributed by atoms with E-state index in [1.165, 1.54) is 16.7 Å². The summed E-state index contributed by atoms with van der Waals surface area (Å²) in [5, 5.41) is 0. The zero-order valence-electron chi connectivity index (χ0n) is 8.54. The van der Waals surface area contributed by atoms with Crippen molar-refractivity contribution in [2.75, 3.05) is 0 Å². The Hall–Kier alpha value is -0.703. The second-order valence-corrected chi connectivity index (χ2v) is 2.80. The Morgan fingerprint density at radius 3 is 2.42 bits per heavy atom. The molecule has 0 aromatic rings. The fourth-order valence-corrected chi connectivity index (χ4v) is 1.39. The molecule has 0 unspecified atom stereocenters. The first kappa shape index (κ1) is 9.39. The normalized spacial score (nSPS) is 9.42. The molecule has 2 rings (SSSR count). The number of rotatable bonds is 0. The maximum absolute atomic E-state index is 2.16. The van der Waals surface area contributed by atoms with E-state index >= 15 is 0 Å². The van der Waals surface area contributed by atoms with Gasteiger partial charge in [-0.15, -0.1) is 0 Å². The summed E-state index contributed by atoms with van der Waals surface area (Å²) in [6.07, 6.45) is 0. The fraction of sp³-hybridized carbons (Fsp3) is 0.0909. The molecule has 0 aromatic carbocycles. The van der Waals surface area contributed by atoms with Crippen LogP contribution in [0.15, 0.2) is 42.5 Å². The van der Waals surface area contributed by atoms with Crippen molar-refractivity contribution in [3.8, 4) is 11.1 Å². The largest absolute Gasteiger partial charge is 1.00 e. The molecule has 0 amide bonds. The van der Waals surface area contributed by atoms with Gasteiger partial charge in [0.25, 0.3) is 0 Å². The first-order valence-corrected chi connectivity index (χ1v) is 3.82. The molecule has 1 heteroatoms. The van der Waals surface area contributed by atoms with Gasteiger partial charge in [-0.3, -0.25) is 0 Å². The first-order valence-electron chi connectivity index (χ1n) is 3.82. The van der Waals surface area contributed by atoms with Crippen LogP contribution in [0.4, 0.5) is 0 Å². The van der Waals surface area contributed by atoms with Crippen molar-refractivity contribution in [2.24, 2.45) is 0 Å². The van der Waals surface area contributed by atoms with Crippen molar-refractivity contribution in [3.05, 3.63) is 48.0 Å². The average Bonchev–Trinajstić information content (AvgIpc) is 2.40. The van der Waals surface area contributed by atoms with Crippen molar-refractivity contribution in [3.63, 3.8) is 0 Å². The molecule has 0 saturated heterocycles. The van der Waals surface area contributed by atoms with E-state index in [9.17, 15) is 0 Å². The van der Waals surface area contributed by atoms with Gasteiger partial charge in [-0.2, -0.15) is 0 Å². The summed E-state index contributed by atoms with van der Waals surface area (Å²) >= 11 is 0. The minimum absolute atomic E-state index is 0. The monoisotopic (exact) mass is 150 g/mol. The predicted octanol–water partition coefficient (Wildman–Crippen LogP) is 0.216. The molecule has 56 valence electrons. The van der Waals surface area contributed by atoms with Crippen LogP contribution in [0.25, 0.3) is 11.1 Å². The summed E-state index contributed by atoms with van der Waals surface area (Å²) in [6.45, 7) is 2.14. The van der Waals surface area contributed by atoms with Gasteiger partial charge in [0, 0.05) is 0 Å². The number of hydrogen-bond donors (Lipinski definition) is 0. The molecule has 2 aliphatic carbocycles. The summed E-state index contributed by atoms with van der Waals surface area (Å²) in [7, 11) is 0. The van der Waals surface area contributed by atoms with E-state index in [0.717, 1.165) is 0 Å². The van der Waals surface area contributed by atoms with Crippen LogP contribution >= 0.6 is 0 Å². The minimum atomic E-state index is 0. The number of fused-ring (bicyclic) bond motifs is 1. The van der Waals surface area contributed by atoms with Crippen LogP contribution in [-0.4, -0.2) is 0 Å². The predicted molar refractivity (Wildman–Crippen MR) is 48.9 cm³/mol. The standard InChI is InChI=1S/C11H10.Li.H/c1-9-5-2-3-6-10-7-4-8-11(9)10;;/h2-8H,1H3;;/q;+1;-1. The molecular formula is C11H11Li. The summed E-state index contributed by atoms with van der Waals surface area (Å²) in [6, 6.07) is 14.8. The molecule has 12 heavy (non-hydrogen) atoms. The van der Waals surface area contributed by atoms with Crippen LogP contribution in [0.2, 0.25) is 0 Å². The Balaban J connectivity index is 0.000000720. The van der Waals surface area contributed by atoms with Crippen LogP contribution in [0.5, 0.6) is 0 Å². The average molecular weight is 150 g/mol. The second-order valence-electron chi connectivity index (χ2n) is 2.80. The molecule has 2 aliphatic rings. The molecule has 0 aromatic heterocycles. The summed E-state index contributed by atoms with van der Waals surface area (Å²) in [5.74, 6) is 0. The van der Waals surface area contributed by atoms with Crippen molar-refractivity contribution < 1.29 is 20.3 Å². The maximum Gasteiger partial charge on any atom is 1.00 e. The molecular weight excluding hydrogens is 139 g/mol. The smallest absolute Gasteiger partial charge is 1.00 e. The van der Waals surface area contributed by atoms with Gasteiger partial charge < -0.3 is 1.43 Å². The summed E-state index contributed by atoms with van der Waals surface area (Å²) in [5.41, 5.74) is 4.03. The molecule has 0 nitrogen and oxygen atoms in total. The van der Waals surface area contributed by atoms with E-state index in [2.05, 4.69) is 49.4 Å². The third kappa shape index (κ3) is 1.55. The van der Waals surface area contributed by atoms with Gasteiger partial charge >= 0.3 is 18.9 Å². The van der Waals surface area contributed by atoms with Crippen LogP contribution in [0, 0.1) is 6.92 Å². The van der Waals surface area contributed by atoms with Crippen LogP contribution in [0.1, 0.15) is 6.99 Å². The Kier molecular flexibility index (Phi) is 2.98. The fourth-order valence-electron chi connectivity index (χ4n) is 1.39. The van der Waals surface area contributed by atoms with Crippen LogP contribution in [0.3, 0.4) is 0 Å². The molecule has 0 heterocycles. The van der Waals surface area contributed by atoms with Gasteiger partial charge in [0.15, 0.2) is 0 Å². The third-order valence-corrected chi connectivity index (χ3v) is 2.01. The van der Waals surface area contributed by atoms with E-state index in [1.807, 2.05) is 0 Å². The minimum Gasteiger partial charge on any atom is -1.00 e. The molecule has 0 spiro atoms. The molecule has 0 atom stereocenters. The van der Waals surface area contributed by atoms with Gasteiger partial charge in [-0.05, 0) is 23.6 Å². The van der Waals surface area contributed by atoms with Gasteiger partial charge in [0.05, 0.1) is 0 Å². The van der Waals surface area contributed by atoms with Crippen LogP contribution < -0.4 is 18.9 Å². The van der Waals surface area contributed by atoms with Gasteiger partial charge in [-0.1, -0.05) is 42.5 Å². The van der Waals surface area contributed by atoms with Gasteiger partial charge in [0.1, 0.15) is 0 Å². The van der Waals surface area contributed by atoms with Crippen molar-refractivity contribution in [1.82, 2.24) is 0 Å². The zero-order valence-corrected chi connectivity index (χ0v) is 7.54. The van der Waals surface area contributed by atoms with Gasteiger partial charge in [0.2, 0.25) is 0 Å². The molecule has 0 N–H and O–H groups in total. The number of aryl methyl sites for hydroxylation is 1. The first-order chi connectivity index (χ1) is 5.38. The SMILES string of the molecule is Cc1ccccc2cccc1-2.[H-].[Li+]. The summed E-state index contributed by atoms with van der Waals surface area (Å²) < 4.78 is 0. The second kappa shape index (κ2) is 3.80. The van der Waals surface area contributed by atoms with Crippen LogP contribution in [-0.2, 0) is 0 Å². The Morgan fingerprint density at radius 2 is 1.58 bits per heavy atom. The summed E-state index contributed by atoms with van der Waals surface area (Å²) in [4.78, 5) is 0. The van der Waals surface area contributed by atoms with E-state index in [0.29, 0.717) is 0 Å². The Bertz CT molecular complexity index is 346. The molecule has 0 bridgehead atoms. The molecule has 0 fully saturated rings. The van der Waals surface area contributed by atoms with E-state index < -0.39 is 0 Å². The molecule has 0 radical (unpaired) electrons. The van der Waals surface area contributed by atoms with Crippen molar-refractivity contribution >= 4 is 0 Å². The van der Waals surface area contributed by atoms with E-state index in [4.69, 9.17) is 0 Å². The van der Waals surface area contributed by atoms with E-state index in [-0.39, 0.29) is 20.3 Å². The Labute approximate surface area is 86.6 Å². The zero-order chi connectivity index (χ0) is 7.68. The molecule has 0 saturated carbocycles. The van der Waals surface area contributed by atoms with E-state index in [1.54, 1.807) is 0 Å². The van der Waals surface area contributed by atoms with Crippen molar-refractivity contribution in [1.29, 1.82) is 0 Å². The van der Waals surface area contributed by atoms with Crippen molar-refractivity contribution in [2.45, 2.75) is 6.92 Å². The topological polar surface area (TPSA) is 0 Å². The Morgan fingerprint density at radius 1 is 0.917 bits per heavy atom.